The molecule has 0 radical (unpaired) electrons. The van der Waals surface area contributed by atoms with Crippen molar-refractivity contribution >= 4 is 11.6 Å². The Morgan fingerprint density at radius 1 is 1.04 bits per heavy atom. The fourth-order valence-electron chi connectivity index (χ4n) is 3.92. The smallest absolute Gasteiger partial charge is 0.0587 e. The van der Waals surface area contributed by atoms with Crippen LogP contribution in [0.3, 0.4) is 0 Å². The summed E-state index contributed by atoms with van der Waals surface area (Å²) < 4.78 is 0. The molecule has 0 bridgehead atoms. The molecular formula is C25H33ClN2. The molecule has 2 atom stereocenters. The minimum absolute atomic E-state index is 0.335. The van der Waals surface area contributed by atoms with Gasteiger partial charge in [0.05, 0.1) is 6.07 Å². The van der Waals surface area contributed by atoms with Crippen molar-refractivity contribution in [2.45, 2.75) is 63.8 Å². The van der Waals surface area contributed by atoms with E-state index in [4.69, 9.17) is 16.9 Å². The summed E-state index contributed by atoms with van der Waals surface area (Å²) in [5, 5.41) is 7.65. The van der Waals surface area contributed by atoms with Gasteiger partial charge in [0.15, 0.2) is 0 Å². The van der Waals surface area contributed by atoms with Gasteiger partial charge in [-0.15, -0.1) is 11.6 Å². The second-order valence-electron chi connectivity index (χ2n) is 7.48. The van der Waals surface area contributed by atoms with Gasteiger partial charge in [-0.25, -0.2) is 0 Å². The van der Waals surface area contributed by atoms with Crippen LogP contribution >= 0.6 is 11.6 Å². The van der Waals surface area contributed by atoms with Crippen LogP contribution < -0.4 is 0 Å². The second kappa shape index (κ2) is 12.6. The largest absolute Gasteiger partial charge is 0.299 e. The monoisotopic (exact) mass is 396 g/mol. The highest BCUT2D eigenvalue weighted by Crippen LogP contribution is 2.38. The number of nitrogens with zero attached hydrogens (tertiary/aromatic N) is 2. The first-order valence-electron chi connectivity index (χ1n) is 10.5. The Hall–Kier alpha value is -1.82. The van der Waals surface area contributed by atoms with E-state index < -0.39 is 0 Å². The molecule has 3 heteroatoms. The number of aryl methyl sites for hydroxylation is 1. The van der Waals surface area contributed by atoms with E-state index >= 15 is 0 Å². The van der Waals surface area contributed by atoms with E-state index in [9.17, 15) is 0 Å². The third kappa shape index (κ3) is 7.30. The van der Waals surface area contributed by atoms with Crippen LogP contribution in [-0.2, 0) is 13.0 Å². The quantitative estimate of drug-likeness (QED) is 0.473. The minimum Gasteiger partial charge on any atom is -0.299 e. The number of alkyl halides is 1. The van der Waals surface area contributed by atoms with Gasteiger partial charge in [0, 0.05) is 24.8 Å². The lowest BCUT2D eigenvalue weighted by Crippen LogP contribution is -2.24. The minimum atomic E-state index is 0.335. The zero-order valence-corrected chi connectivity index (χ0v) is 18.0. The maximum atomic E-state index is 7.32. The van der Waals surface area contributed by atoms with Crippen LogP contribution in [0.5, 0.6) is 0 Å². The third-order valence-electron chi connectivity index (χ3n) is 5.48. The number of halogens is 1. The van der Waals surface area contributed by atoms with Crippen molar-refractivity contribution in [2.24, 2.45) is 0 Å². The summed E-state index contributed by atoms with van der Waals surface area (Å²) in [7, 11) is 0. The molecule has 0 saturated heterocycles. The third-order valence-corrected chi connectivity index (χ3v) is 6.00. The molecule has 0 amide bonds. The molecule has 1 aliphatic carbocycles. The zero-order valence-electron chi connectivity index (χ0n) is 17.3. The predicted octanol–water partition coefficient (Wildman–Crippen LogP) is 6.55. The summed E-state index contributed by atoms with van der Waals surface area (Å²) in [6.45, 7) is 6.99. The molecule has 1 fully saturated rings. The maximum absolute atomic E-state index is 7.32. The molecular weight excluding hydrogens is 364 g/mol. The van der Waals surface area contributed by atoms with Crippen LogP contribution in [0.1, 0.15) is 62.1 Å². The summed E-state index contributed by atoms with van der Waals surface area (Å²) in [6.07, 6.45) is 6.05. The van der Waals surface area contributed by atoms with Crippen LogP contribution in [0.25, 0.3) is 0 Å². The van der Waals surface area contributed by atoms with Crippen molar-refractivity contribution in [2.75, 3.05) is 13.1 Å². The number of rotatable bonds is 8. The van der Waals surface area contributed by atoms with E-state index in [1.54, 1.807) is 6.07 Å². The molecule has 3 rings (SSSR count). The average Bonchev–Trinajstić information content (AvgIpc) is 3.15. The van der Waals surface area contributed by atoms with Gasteiger partial charge in [0.1, 0.15) is 0 Å². The topological polar surface area (TPSA) is 27.0 Å². The lowest BCUT2D eigenvalue weighted by molar-refractivity contribution is 0.276. The van der Waals surface area contributed by atoms with Crippen LogP contribution in [0.2, 0.25) is 0 Å². The Kier molecular flexibility index (Phi) is 10.1. The van der Waals surface area contributed by atoms with Crippen LogP contribution in [0, 0.1) is 11.3 Å². The van der Waals surface area contributed by atoms with Gasteiger partial charge in [-0.05, 0) is 55.5 Å². The first kappa shape index (κ1) is 22.5. The number of benzene rings is 2. The molecule has 0 N–H and O–H groups in total. The fraction of sp³-hybridized carbons (Fsp3) is 0.480. The van der Waals surface area contributed by atoms with Crippen molar-refractivity contribution in [3.63, 3.8) is 0 Å². The van der Waals surface area contributed by atoms with Crippen molar-refractivity contribution in [3.05, 3.63) is 71.3 Å². The van der Waals surface area contributed by atoms with Crippen LogP contribution in [-0.4, -0.2) is 23.4 Å². The molecule has 0 spiro atoms. The van der Waals surface area contributed by atoms with Gasteiger partial charge in [-0.3, -0.25) is 4.90 Å². The Bertz CT molecular complexity index is 706. The Labute approximate surface area is 176 Å². The SMILES string of the molecule is CC#N.CCN(CCCc1ccc(C2CCCC2Cl)cc1)Cc1ccccc1. The maximum Gasteiger partial charge on any atom is 0.0587 e. The molecule has 2 aromatic carbocycles. The highest BCUT2D eigenvalue weighted by Gasteiger charge is 2.26. The fourth-order valence-corrected chi connectivity index (χ4v) is 4.34. The molecule has 0 aromatic heterocycles. The molecule has 28 heavy (non-hydrogen) atoms. The summed E-state index contributed by atoms with van der Waals surface area (Å²) in [5.74, 6) is 0.567. The van der Waals surface area contributed by atoms with Gasteiger partial charge in [0.2, 0.25) is 0 Å². The van der Waals surface area contributed by atoms with Crippen LogP contribution in [0.15, 0.2) is 54.6 Å². The van der Waals surface area contributed by atoms with Gasteiger partial charge >= 0.3 is 0 Å². The predicted molar refractivity (Wildman–Crippen MR) is 120 cm³/mol. The van der Waals surface area contributed by atoms with Crippen molar-refractivity contribution in [3.8, 4) is 6.07 Å². The highest BCUT2D eigenvalue weighted by molar-refractivity contribution is 6.21. The van der Waals surface area contributed by atoms with E-state index in [2.05, 4.69) is 66.4 Å². The molecule has 2 unspecified atom stereocenters. The second-order valence-corrected chi connectivity index (χ2v) is 8.04. The zero-order chi connectivity index (χ0) is 20.2. The van der Waals surface area contributed by atoms with E-state index in [0.29, 0.717) is 11.3 Å². The molecule has 1 aliphatic rings. The van der Waals surface area contributed by atoms with E-state index in [1.807, 2.05) is 0 Å². The van der Waals surface area contributed by atoms with Crippen molar-refractivity contribution < 1.29 is 0 Å². The standard InChI is InChI=1S/C23H30ClN.C2H3N/c1-2-25(18-20-8-4-3-5-9-20)17-7-10-19-13-15-21(16-14-19)22-11-6-12-23(22)24;1-2-3/h3-5,8-9,13-16,22-23H,2,6-7,10-12,17-18H2,1H3;1H3. The summed E-state index contributed by atoms with van der Waals surface area (Å²) >= 11 is 6.45. The number of nitriles is 1. The van der Waals surface area contributed by atoms with Crippen LogP contribution in [0.4, 0.5) is 0 Å². The molecule has 2 nitrogen and oxygen atoms in total. The summed E-state index contributed by atoms with van der Waals surface area (Å²) in [6, 6.07) is 21.8. The van der Waals surface area contributed by atoms with E-state index in [-0.39, 0.29) is 0 Å². The summed E-state index contributed by atoms with van der Waals surface area (Å²) in [5.41, 5.74) is 4.28. The summed E-state index contributed by atoms with van der Waals surface area (Å²) in [4.78, 5) is 2.53. The average molecular weight is 397 g/mol. The molecule has 1 saturated carbocycles. The number of hydrogen-bond acceptors (Lipinski definition) is 2. The Morgan fingerprint density at radius 3 is 2.29 bits per heavy atom. The lowest BCUT2D eigenvalue weighted by Gasteiger charge is -2.20. The van der Waals surface area contributed by atoms with E-state index in [0.717, 1.165) is 26.1 Å². The van der Waals surface area contributed by atoms with Gasteiger partial charge in [-0.1, -0.05) is 67.9 Å². The lowest BCUT2D eigenvalue weighted by atomic mass is 9.95. The molecule has 150 valence electrons. The Morgan fingerprint density at radius 2 is 1.71 bits per heavy atom. The molecule has 0 heterocycles. The van der Waals surface area contributed by atoms with Crippen molar-refractivity contribution in [1.29, 1.82) is 5.26 Å². The normalized spacial score (nSPS) is 18.4. The van der Waals surface area contributed by atoms with Crippen molar-refractivity contribution in [1.82, 2.24) is 4.90 Å². The van der Waals surface area contributed by atoms with Gasteiger partial charge in [-0.2, -0.15) is 5.26 Å². The molecule has 0 aliphatic heterocycles. The Balaban J connectivity index is 0.000000878. The van der Waals surface area contributed by atoms with Gasteiger partial charge in [0.25, 0.3) is 0 Å². The van der Waals surface area contributed by atoms with E-state index in [1.165, 1.54) is 49.3 Å². The number of hydrogen-bond donors (Lipinski definition) is 0. The van der Waals surface area contributed by atoms with Gasteiger partial charge < -0.3 is 0 Å². The first-order valence-corrected chi connectivity index (χ1v) is 10.9. The first-order chi connectivity index (χ1) is 13.7. The highest BCUT2D eigenvalue weighted by atomic mass is 35.5. The molecule has 2 aromatic rings.